The second kappa shape index (κ2) is 5.35. The molecule has 1 N–H and O–H groups in total. The van der Waals surface area contributed by atoms with Gasteiger partial charge in [0.15, 0.2) is 5.69 Å². The first-order chi connectivity index (χ1) is 7.79. The maximum Gasteiger partial charge on any atom is 0.435 e. The maximum atomic E-state index is 12.2. The fourth-order valence-corrected chi connectivity index (χ4v) is 1.90. The van der Waals surface area contributed by atoms with Crippen LogP contribution < -0.4 is 0 Å². The lowest BCUT2D eigenvalue weighted by Crippen LogP contribution is -2.10. The Balaban J connectivity index is 2.66. The number of halogens is 3. The van der Waals surface area contributed by atoms with Gasteiger partial charge in [-0.15, -0.1) is 22.0 Å². The molecular weight excluding hydrogens is 257 g/mol. The molecule has 1 aromatic rings. The smallest absolute Gasteiger partial charge is 0.435 e. The Bertz CT molecular complexity index is 394. The van der Waals surface area contributed by atoms with Gasteiger partial charge >= 0.3 is 12.1 Å². The Kier molecular flexibility index (Phi) is 4.33. The van der Waals surface area contributed by atoms with E-state index >= 15 is 0 Å². The Hall–Kier alpha value is -1.31. The average Bonchev–Trinajstić information content (AvgIpc) is 2.15. The molecule has 8 heteroatoms. The van der Waals surface area contributed by atoms with Gasteiger partial charge in [-0.05, 0) is 12.1 Å². The molecule has 0 spiro atoms. The number of carboxylic acids is 1. The van der Waals surface area contributed by atoms with E-state index in [1.165, 1.54) is 6.07 Å². The van der Waals surface area contributed by atoms with Crippen molar-refractivity contribution in [2.24, 2.45) is 0 Å². The second-order valence-electron chi connectivity index (χ2n) is 3.28. The summed E-state index contributed by atoms with van der Waals surface area (Å²) in [4.78, 5) is 10.4. The van der Waals surface area contributed by atoms with Crippen molar-refractivity contribution >= 4 is 17.7 Å². The maximum absolute atomic E-state index is 12.2. The van der Waals surface area contributed by atoms with Gasteiger partial charge < -0.3 is 5.11 Å². The molecule has 1 unspecified atom stereocenters. The zero-order valence-corrected chi connectivity index (χ0v) is 9.55. The Morgan fingerprint density at radius 3 is 2.53 bits per heavy atom. The highest BCUT2D eigenvalue weighted by Crippen LogP contribution is 2.29. The number of carbonyl (C=O) groups is 1. The fraction of sp³-hybridized carbons (Fsp3) is 0.444. The minimum Gasteiger partial charge on any atom is -0.481 e. The van der Waals surface area contributed by atoms with E-state index < -0.39 is 17.8 Å². The molecule has 0 aliphatic carbocycles. The van der Waals surface area contributed by atoms with Gasteiger partial charge in [0.25, 0.3) is 0 Å². The molecule has 94 valence electrons. The monoisotopic (exact) mass is 266 g/mol. The third kappa shape index (κ3) is 4.59. The van der Waals surface area contributed by atoms with Gasteiger partial charge in [0.1, 0.15) is 5.03 Å². The number of hydrogen-bond donors (Lipinski definition) is 1. The Labute approximate surface area is 99.2 Å². The number of aliphatic carboxylic acids is 1. The lowest BCUT2D eigenvalue weighted by Gasteiger charge is -2.08. The van der Waals surface area contributed by atoms with Gasteiger partial charge in [0.2, 0.25) is 0 Å². The lowest BCUT2D eigenvalue weighted by molar-refractivity contribution is -0.142. The first kappa shape index (κ1) is 13.8. The predicted octanol–water partition coefficient (Wildman–Crippen LogP) is 2.45. The van der Waals surface area contributed by atoms with E-state index in [0.717, 1.165) is 17.8 Å². The first-order valence-electron chi connectivity index (χ1n) is 4.58. The summed E-state index contributed by atoms with van der Waals surface area (Å²) in [7, 11) is 0. The molecule has 0 saturated heterocycles. The Morgan fingerprint density at radius 2 is 2.12 bits per heavy atom. The zero-order valence-electron chi connectivity index (χ0n) is 8.73. The van der Waals surface area contributed by atoms with Gasteiger partial charge in [0, 0.05) is 5.25 Å². The van der Waals surface area contributed by atoms with Crippen LogP contribution in [0.4, 0.5) is 13.2 Å². The van der Waals surface area contributed by atoms with Crippen molar-refractivity contribution in [3.63, 3.8) is 0 Å². The number of rotatable bonds is 4. The fourth-order valence-electron chi connectivity index (χ4n) is 1.03. The van der Waals surface area contributed by atoms with Crippen LogP contribution in [0, 0.1) is 0 Å². The third-order valence-corrected chi connectivity index (χ3v) is 2.74. The van der Waals surface area contributed by atoms with Crippen LogP contribution in [0.3, 0.4) is 0 Å². The Morgan fingerprint density at radius 1 is 1.47 bits per heavy atom. The molecule has 1 aromatic heterocycles. The van der Waals surface area contributed by atoms with Crippen molar-refractivity contribution in [2.45, 2.75) is 29.8 Å². The van der Waals surface area contributed by atoms with E-state index in [1.54, 1.807) is 6.92 Å². The highest BCUT2D eigenvalue weighted by molar-refractivity contribution is 7.99. The van der Waals surface area contributed by atoms with Crippen LogP contribution in [0.2, 0.25) is 0 Å². The van der Waals surface area contributed by atoms with Crippen LogP contribution in [0.25, 0.3) is 0 Å². The van der Waals surface area contributed by atoms with Crippen molar-refractivity contribution in [2.75, 3.05) is 0 Å². The molecule has 0 bridgehead atoms. The first-order valence-corrected chi connectivity index (χ1v) is 5.46. The molecular formula is C9H9F3N2O2S. The minimum absolute atomic E-state index is 0.0899. The highest BCUT2D eigenvalue weighted by atomic mass is 32.2. The van der Waals surface area contributed by atoms with Crippen LogP contribution in [0.1, 0.15) is 19.0 Å². The van der Waals surface area contributed by atoms with Crippen molar-refractivity contribution in [3.8, 4) is 0 Å². The summed E-state index contributed by atoms with van der Waals surface area (Å²) in [6.45, 7) is 1.65. The molecule has 0 aliphatic heterocycles. The SMILES string of the molecule is CC(CC(=O)O)Sc1ccc(C(F)(F)F)nn1. The van der Waals surface area contributed by atoms with Gasteiger partial charge in [-0.3, -0.25) is 4.79 Å². The summed E-state index contributed by atoms with van der Waals surface area (Å²) >= 11 is 1.07. The van der Waals surface area contributed by atoms with Gasteiger partial charge in [-0.1, -0.05) is 6.92 Å². The van der Waals surface area contributed by atoms with Crippen LogP contribution in [-0.4, -0.2) is 26.5 Å². The van der Waals surface area contributed by atoms with E-state index in [0.29, 0.717) is 0 Å². The van der Waals surface area contributed by atoms with Crippen LogP contribution in [0.5, 0.6) is 0 Å². The molecule has 1 rings (SSSR count). The van der Waals surface area contributed by atoms with E-state index in [9.17, 15) is 18.0 Å². The summed E-state index contributed by atoms with van der Waals surface area (Å²) in [5, 5.41) is 14.9. The minimum atomic E-state index is -4.51. The number of alkyl halides is 3. The van der Waals surface area contributed by atoms with Crippen LogP contribution in [-0.2, 0) is 11.0 Å². The molecule has 0 aliphatic rings. The summed E-state index contributed by atoms with van der Waals surface area (Å²) in [5.74, 6) is -0.968. The molecule has 0 saturated carbocycles. The van der Waals surface area contributed by atoms with Crippen molar-refractivity contribution in [3.05, 3.63) is 17.8 Å². The third-order valence-electron chi connectivity index (χ3n) is 1.71. The number of thioether (sulfide) groups is 1. The number of aromatic nitrogens is 2. The molecule has 17 heavy (non-hydrogen) atoms. The van der Waals surface area contributed by atoms with E-state index in [-0.39, 0.29) is 16.7 Å². The summed E-state index contributed by atoms with van der Waals surface area (Å²) in [6, 6.07) is 2.00. The van der Waals surface area contributed by atoms with Gasteiger partial charge in [0.05, 0.1) is 6.42 Å². The molecule has 1 atom stereocenters. The normalized spacial score (nSPS) is 13.4. The van der Waals surface area contributed by atoms with Gasteiger partial charge in [-0.2, -0.15) is 13.2 Å². The highest BCUT2D eigenvalue weighted by Gasteiger charge is 2.32. The predicted molar refractivity (Wildman–Crippen MR) is 54.6 cm³/mol. The molecule has 4 nitrogen and oxygen atoms in total. The average molecular weight is 266 g/mol. The summed E-state index contributed by atoms with van der Waals surface area (Å²) in [5.41, 5.74) is -1.06. The van der Waals surface area contributed by atoms with E-state index in [1.807, 2.05) is 0 Å². The van der Waals surface area contributed by atoms with Crippen LogP contribution in [0.15, 0.2) is 17.2 Å². The molecule has 0 amide bonds. The summed E-state index contributed by atoms with van der Waals surface area (Å²) < 4.78 is 36.5. The quantitative estimate of drug-likeness (QED) is 0.848. The number of hydrogen-bond acceptors (Lipinski definition) is 4. The van der Waals surface area contributed by atoms with Crippen molar-refractivity contribution < 1.29 is 23.1 Å². The number of nitrogens with zero attached hydrogens (tertiary/aromatic N) is 2. The van der Waals surface area contributed by atoms with E-state index in [4.69, 9.17) is 5.11 Å². The second-order valence-corrected chi connectivity index (χ2v) is 4.74. The number of carboxylic acid groups (broad SMARTS) is 1. The van der Waals surface area contributed by atoms with Crippen LogP contribution >= 0.6 is 11.8 Å². The zero-order chi connectivity index (χ0) is 13.1. The summed E-state index contributed by atoms with van der Waals surface area (Å²) in [6.07, 6.45) is -4.60. The van der Waals surface area contributed by atoms with E-state index in [2.05, 4.69) is 10.2 Å². The molecule has 0 aromatic carbocycles. The van der Waals surface area contributed by atoms with Crippen molar-refractivity contribution in [1.82, 2.24) is 10.2 Å². The molecule has 0 radical (unpaired) electrons. The van der Waals surface area contributed by atoms with Gasteiger partial charge in [-0.25, -0.2) is 0 Å². The lowest BCUT2D eigenvalue weighted by atomic mass is 10.3. The molecule has 0 fully saturated rings. The largest absolute Gasteiger partial charge is 0.481 e. The van der Waals surface area contributed by atoms with Crippen molar-refractivity contribution in [1.29, 1.82) is 0 Å². The standard InChI is InChI=1S/C9H9F3N2O2S/c1-5(4-8(15)16)17-7-3-2-6(13-14-7)9(10,11)12/h2-3,5H,4H2,1H3,(H,15,16). The molecule has 1 heterocycles. The topological polar surface area (TPSA) is 63.1 Å².